The van der Waals surface area contributed by atoms with Crippen molar-refractivity contribution in [3.8, 4) is 11.4 Å². The highest BCUT2D eigenvalue weighted by molar-refractivity contribution is 7.93. The van der Waals surface area contributed by atoms with Gasteiger partial charge in [0, 0.05) is 21.0 Å². The van der Waals surface area contributed by atoms with Crippen LogP contribution in [-0.4, -0.2) is 28.6 Å². The van der Waals surface area contributed by atoms with E-state index in [-0.39, 0.29) is 0 Å². The van der Waals surface area contributed by atoms with Gasteiger partial charge in [-0.05, 0) is 67.4 Å². The molecule has 1 aromatic carbocycles. The molecular weight excluding hydrogens is 358 g/mol. The lowest BCUT2D eigenvalue weighted by atomic mass is 10.2. The molecule has 1 aliphatic rings. The van der Waals surface area contributed by atoms with Gasteiger partial charge in [-0.3, -0.25) is 4.72 Å². The smallest absolute Gasteiger partial charge is 0.262 e. The van der Waals surface area contributed by atoms with Crippen LogP contribution in [0.15, 0.2) is 35.2 Å². The van der Waals surface area contributed by atoms with Crippen LogP contribution in [0.2, 0.25) is 0 Å². The summed E-state index contributed by atoms with van der Waals surface area (Å²) in [7, 11) is -3.59. The Hall–Kier alpha value is -2.26. The molecular formula is C16H17N5O2S2. The van der Waals surface area contributed by atoms with Crippen molar-refractivity contribution in [1.29, 1.82) is 0 Å². The number of benzene rings is 1. The Morgan fingerprint density at radius 3 is 2.52 bits per heavy atom. The van der Waals surface area contributed by atoms with Crippen molar-refractivity contribution < 1.29 is 8.42 Å². The molecule has 0 unspecified atom stereocenters. The van der Waals surface area contributed by atoms with Crippen molar-refractivity contribution in [1.82, 2.24) is 20.2 Å². The minimum absolute atomic E-state index is 0.330. The lowest BCUT2D eigenvalue weighted by Crippen LogP contribution is -2.13. The standard InChI is InChI=1S/C16H17N5O2S2/c1-10-9-15(11(2)24-10)25(22,23)18-13-5-3-12(4-6-13)16-17-19-20-21(16)14-7-8-14/h3-6,9,14,18H,7-8H2,1-2H3. The lowest BCUT2D eigenvalue weighted by Gasteiger charge is -2.08. The second-order valence-corrected chi connectivity index (χ2v) is 9.25. The minimum atomic E-state index is -3.59. The molecule has 0 aliphatic heterocycles. The maximum Gasteiger partial charge on any atom is 0.262 e. The number of thiophene rings is 1. The van der Waals surface area contributed by atoms with E-state index in [0.717, 1.165) is 28.2 Å². The molecule has 2 aromatic heterocycles. The third-order valence-corrected chi connectivity index (χ3v) is 6.67. The molecule has 1 aliphatic carbocycles. The molecule has 25 heavy (non-hydrogen) atoms. The van der Waals surface area contributed by atoms with E-state index in [9.17, 15) is 8.42 Å². The Labute approximate surface area is 149 Å². The normalized spacial score (nSPS) is 14.6. The van der Waals surface area contributed by atoms with E-state index in [2.05, 4.69) is 20.2 Å². The van der Waals surface area contributed by atoms with Gasteiger partial charge >= 0.3 is 0 Å². The van der Waals surface area contributed by atoms with Gasteiger partial charge in [0.15, 0.2) is 5.82 Å². The highest BCUT2D eigenvalue weighted by atomic mass is 32.2. The molecule has 0 saturated heterocycles. The van der Waals surface area contributed by atoms with E-state index in [0.29, 0.717) is 22.4 Å². The van der Waals surface area contributed by atoms with Crippen LogP contribution in [0.5, 0.6) is 0 Å². The fourth-order valence-electron chi connectivity index (χ4n) is 2.72. The molecule has 2 heterocycles. The largest absolute Gasteiger partial charge is 0.280 e. The average Bonchev–Trinajstić information content (AvgIpc) is 3.18. The van der Waals surface area contributed by atoms with Gasteiger partial charge in [0.2, 0.25) is 0 Å². The summed E-state index contributed by atoms with van der Waals surface area (Å²) < 4.78 is 29.6. The molecule has 0 bridgehead atoms. The van der Waals surface area contributed by atoms with Crippen LogP contribution in [0.25, 0.3) is 11.4 Å². The number of aryl methyl sites for hydroxylation is 2. The first-order valence-electron chi connectivity index (χ1n) is 7.92. The molecule has 0 radical (unpaired) electrons. The zero-order valence-corrected chi connectivity index (χ0v) is 15.4. The van der Waals surface area contributed by atoms with Gasteiger partial charge in [0.05, 0.1) is 6.04 Å². The molecule has 0 spiro atoms. The molecule has 9 heteroatoms. The van der Waals surface area contributed by atoms with Crippen molar-refractivity contribution in [2.24, 2.45) is 0 Å². The van der Waals surface area contributed by atoms with Crippen molar-refractivity contribution in [3.05, 3.63) is 40.1 Å². The Bertz CT molecular complexity index is 1020. The number of nitrogens with zero attached hydrogens (tertiary/aromatic N) is 4. The van der Waals surface area contributed by atoms with Gasteiger partial charge in [-0.2, -0.15) is 0 Å². The number of hydrogen-bond donors (Lipinski definition) is 1. The first-order valence-corrected chi connectivity index (χ1v) is 10.2. The van der Waals surface area contributed by atoms with Crippen LogP contribution < -0.4 is 4.72 Å². The Morgan fingerprint density at radius 2 is 1.92 bits per heavy atom. The van der Waals surface area contributed by atoms with Crippen LogP contribution in [0.4, 0.5) is 5.69 Å². The number of tetrazole rings is 1. The van der Waals surface area contributed by atoms with Crippen molar-refractivity contribution in [3.63, 3.8) is 0 Å². The first-order chi connectivity index (χ1) is 11.9. The van der Waals surface area contributed by atoms with Gasteiger partial charge in [-0.1, -0.05) is 0 Å². The Balaban J connectivity index is 1.58. The maximum absolute atomic E-state index is 12.6. The third kappa shape index (κ3) is 3.16. The highest BCUT2D eigenvalue weighted by Crippen LogP contribution is 2.36. The third-order valence-electron chi connectivity index (χ3n) is 4.07. The summed E-state index contributed by atoms with van der Waals surface area (Å²) in [6, 6.07) is 9.19. The molecule has 7 nitrogen and oxygen atoms in total. The molecule has 0 atom stereocenters. The highest BCUT2D eigenvalue weighted by Gasteiger charge is 2.28. The van der Waals surface area contributed by atoms with Crippen LogP contribution >= 0.6 is 11.3 Å². The molecule has 3 aromatic rings. The molecule has 1 fully saturated rings. The van der Waals surface area contributed by atoms with Crippen LogP contribution in [0.1, 0.15) is 28.6 Å². The fourth-order valence-corrected chi connectivity index (χ4v) is 5.34. The lowest BCUT2D eigenvalue weighted by molar-refractivity contribution is 0.601. The predicted octanol–water partition coefficient (Wildman–Crippen LogP) is 3.15. The molecule has 1 saturated carbocycles. The second-order valence-electron chi connectivity index (χ2n) is 6.14. The van der Waals surface area contributed by atoms with E-state index in [1.54, 1.807) is 18.2 Å². The summed E-state index contributed by atoms with van der Waals surface area (Å²) in [5.41, 5.74) is 1.37. The zero-order valence-electron chi connectivity index (χ0n) is 13.8. The van der Waals surface area contributed by atoms with Crippen LogP contribution in [-0.2, 0) is 10.0 Å². The average molecular weight is 375 g/mol. The van der Waals surface area contributed by atoms with Crippen LogP contribution in [0.3, 0.4) is 0 Å². The topological polar surface area (TPSA) is 89.8 Å². The number of sulfonamides is 1. The molecule has 1 N–H and O–H groups in total. The van der Waals surface area contributed by atoms with Gasteiger partial charge < -0.3 is 0 Å². The van der Waals surface area contributed by atoms with Crippen molar-refractivity contribution in [2.75, 3.05) is 4.72 Å². The SMILES string of the molecule is Cc1cc(S(=O)(=O)Nc2ccc(-c3nnnn3C3CC3)cc2)c(C)s1. The summed E-state index contributed by atoms with van der Waals surface area (Å²) in [6.07, 6.45) is 2.19. The fraction of sp³-hybridized carbons (Fsp3) is 0.312. The number of hydrogen-bond acceptors (Lipinski definition) is 6. The summed E-state index contributed by atoms with van der Waals surface area (Å²) in [5, 5.41) is 11.9. The van der Waals surface area contributed by atoms with Crippen molar-refractivity contribution in [2.45, 2.75) is 37.6 Å². The van der Waals surface area contributed by atoms with Crippen LogP contribution in [0, 0.1) is 13.8 Å². The number of anilines is 1. The number of nitrogens with one attached hydrogen (secondary N) is 1. The number of aromatic nitrogens is 4. The first kappa shape index (κ1) is 16.2. The van der Waals surface area contributed by atoms with Gasteiger partial charge in [-0.25, -0.2) is 13.1 Å². The van der Waals surface area contributed by atoms with Gasteiger partial charge in [0.25, 0.3) is 10.0 Å². The predicted molar refractivity (Wildman–Crippen MR) is 96.1 cm³/mol. The van der Waals surface area contributed by atoms with Gasteiger partial charge in [0.1, 0.15) is 4.90 Å². The molecule has 0 amide bonds. The zero-order chi connectivity index (χ0) is 17.6. The van der Waals surface area contributed by atoms with E-state index in [1.165, 1.54) is 11.3 Å². The Kier molecular flexibility index (Phi) is 3.84. The molecule has 130 valence electrons. The Morgan fingerprint density at radius 1 is 1.20 bits per heavy atom. The van der Waals surface area contributed by atoms with E-state index in [4.69, 9.17) is 0 Å². The van der Waals surface area contributed by atoms with Gasteiger partial charge in [-0.15, -0.1) is 16.4 Å². The quantitative estimate of drug-likeness (QED) is 0.740. The molecule has 4 rings (SSSR count). The summed E-state index contributed by atoms with van der Waals surface area (Å²) in [4.78, 5) is 2.09. The van der Waals surface area contributed by atoms with E-state index < -0.39 is 10.0 Å². The summed E-state index contributed by atoms with van der Waals surface area (Å²) in [5.74, 6) is 0.709. The summed E-state index contributed by atoms with van der Waals surface area (Å²) >= 11 is 1.47. The minimum Gasteiger partial charge on any atom is -0.280 e. The van der Waals surface area contributed by atoms with Crippen molar-refractivity contribution >= 4 is 27.0 Å². The number of rotatable bonds is 5. The maximum atomic E-state index is 12.6. The van der Waals surface area contributed by atoms with E-state index >= 15 is 0 Å². The van der Waals surface area contributed by atoms with E-state index in [1.807, 2.05) is 30.7 Å². The summed E-state index contributed by atoms with van der Waals surface area (Å²) in [6.45, 7) is 3.71. The second kappa shape index (κ2) is 5.92. The monoisotopic (exact) mass is 375 g/mol.